The molecule has 0 radical (unpaired) electrons. The molecule has 0 spiro atoms. The second kappa shape index (κ2) is 5.48. The van der Waals surface area contributed by atoms with Crippen LogP contribution in [0.5, 0.6) is 0 Å². The summed E-state index contributed by atoms with van der Waals surface area (Å²) in [7, 11) is 1.93. The minimum atomic E-state index is -0.187. The normalized spacial score (nSPS) is 10.2. The molecule has 0 aliphatic rings. The number of benzene rings is 1. The van der Waals surface area contributed by atoms with Gasteiger partial charge in [-0.2, -0.15) is 0 Å². The van der Waals surface area contributed by atoms with Gasteiger partial charge >= 0.3 is 0 Å². The van der Waals surface area contributed by atoms with Crippen molar-refractivity contribution in [3.8, 4) is 12.3 Å². The molecule has 1 aromatic rings. The Labute approximate surface area is 96.6 Å². The van der Waals surface area contributed by atoms with Crippen LogP contribution in [-0.2, 0) is 0 Å². The van der Waals surface area contributed by atoms with Crippen molar-refractivity contribution in [2.45, 2.75) is 6.92 Å². The Morgan fingerprint density at radius 2 is 2.25 bits per heavy atom. The van der Waals surface area contributed by atoms with Gasteiger partial charge in [0.2, 0.25) is 0 Å². The highest BCUT2D eigenvalue weighted by Crippen LogP contribution is 2.16. The number of hydrogen-bond donors (Lipinski definition) is 0. The lowest BCUT2D eigenvalue weighted by molar-refractivity contribution is 0.425. The van der Waals surface area contributed by atoms with Gasteiger partial charge in [-0.3, -0.25) is 4.90 Å². The molecule has 0 aliphatic heterocycles. The van der Waals surface area contributed by atoms with Gasteiger partial charge in [0, 0.05) is 6.54 Å². The molecule has 0 atom stereocenters. The van der Waals surface area contributed by atoms with Gasteiger partial charge in [0.1, 0.15) is 5.82 Å². The fraction of sp³-hybridized carbons (Fsp3) is 0.286. The van der Waals surface area contributed by atoms with E-state index in [1.165, 1.54) is 6.07 Å². The van der Waals surface area contributed by atoms with Crippen LogP contribution in [0.15, 0.2) is 24.8 Å². The second-order valence-electron chi connectivity index (χ2n) is 3.94. The summed E-state index contributed by atoms with van der Waals surface area (Å²) in [5.41, 5.74) is 2.54. The smallest absolute Gasteiger partial charge is 0.126 e. The van der Waals surface area contributed by atoms with Gasteiger partial charge in [-0.15, -0.1) is 6.42 Å². The summed E-state index contributed by atoms with van der Waals surface area (Å²) in [4.78, 5) is 1.99. The summed E-state index contributed by atoms with van der Waals surface area (Å²) in [6.07, 6.45) is 5.22. The van der Waals surface area contributed by atoms with Gasteiger partial charge in [-0.05, 0) is 42.8 Å². The number of nitrogens with zero attached hydrogens (tertiary/aromatic N) is 1. The first kappa shape index (κ1) is 12.5. The molecule has 0 saturated heterocycles. The van der Waals surface area contributed by atoms with E-state index in [2.05, 4.69) is 12.5 Å². The van der Waals surface area contributed by atoms with Crippen LogP contribution in [0.2, 0.25) is 0 Å². The monoisotopic (exact) mass is 217 g/mol. The Morgan fingerprint density at radius 1 is 1.56 bits per heavy atom. The summed E-state index contributed by atoms with van der Waals surface area (Å²) < 4.78 is 13.1. The van der Waals surface area contributed by atoms with Crippen molar-refractivity contribution in [3.05, 3.63) is 41.7 Å². The first-order chi connectivity index (χ1) is 7.54. The van der Waals surface area contributed by atoms with E-state index in [-0.39, 0.29) is 5.82 Å². The van der Waals surface area contributed by atoms with Gasteiger partial charge in [0.25, 0.3) is 0 Å². The lowest BCUT2D eigenvalue weighted by Gasteiger charge is -2.15. The summed E-state index contributed by atoms with van der Waals surface area (Å²) in [6.45, 7) is 7.00. The van der Waals surface area contributed by atoms with Gasteiger partial charge in [-0.1, -0.05) is 18.6 Å². The van der Waals surface area contributed by atoms with Crippen molar-refractivity contribution >= 4 is 5.57 Å². The van der Waals surface area contributed by atoms with Crippen LogP contribution in [0.1, 0.15) is 11.1 Å². The van der Waals surface area contributed by atoms with E-state index in [4.69, 9.17) is 6.42 Å². The van der Waals surface area contributed by atoms with Crippen molar-refractivity contribution in [2.24, 2.45) is 0 Å². The molecule has 2 heteroatoms. The van der Waals surface area contributed by atoms with Crippen LogP contribution < -0.4 is 0 Å². The zero-order chi connectivity index (χ0) is 12.1. The Kier molecular flexibility index (Phi) is 4.28. The van der Waals surface area contributed by atoms with Gasteiger partial charge in [-0.25, -0.2) is 4.39 Å². The predicted molar refractivity (Wildman–Crippen MR) is 66.5 cm³/mol. The highest BCUT2D eigenvalue weighted by Gasteiger charge is 2.04. The number of rotatable bonds is 4. The number of likely N-dealkylation sites (N-methyl/N-ethyl adjacent to an activating group) is 1. The maximum Gasteiger partial charge on any atom is 0.126 e. The molecular formula is C14H16FN. The first-order valence-electron chi connectivity index (χ1n) is 5.11. The van der Waals surface area contributed by atoms with Crippen LogP contribution in [0.4, 0.5) is 4.39 Å². The number of halogens is 1. The fourth-order valence-electron chi connectivity index (χ4n) is 1.49. The number of terminal acetylenes is 1. The van der Waals surface area contributed by atoms with Crippen LogP contribution in [0.25, 0.3) is 5.57 Å². The second-order valence-corrected chi connectivity index (χ2v) is 3.94. The molecule has 0 amide bonds. The maximum absolute atomic E-state index is 13.1. The largest absolute Gasteiger partial charge is 0.291 e. The average molecular weight is 217 g/mol. The van der Waals surface area contributed by atoms with Crippen LogP contribution >= 0.6 is 0 Å². The van der Waals surface area contributed by atoms with Gasteiger partial charge < -0.3 is 0 Å². The number of aryl methyl sites for hydroxylation is 1. The van der Waals surface area contributed by atoms with E-state index >= 15 is 0 Å². The van der Waals surface area contributed by atoms with E-state index in [1.807, 2.05) is 11.9 Å². The minimum absolute atomic E-state index is 0.187. The molecule has 0 unspecified atom stereocenters. The predicted octanol–water partition coefficient (Wildman–Crippen LogP) is 2.71. The van der Waals surface area contributed by atoms with Gasteiger partial charge in [0.05, 0.1) is 6.54 Å². The average Bonchev–Trinajstić information content (AvgIpc) is 2.22. The van der Waals surface area contributed by atoms with E-state index in [1.54, 1.807) is 19.1 Å². The third-order valence-corrected chi connectivity index (χ3v) is 2.39. The van der Waals surface area contributed by atoms with E-state index in [0.29, 0.717) is 18.7 Å². The highest BCUT2D eigenvalue weighted by molar-refractivity contribution is 5.65. The summed E-state index contributed by atoms with van der Waals surface area (Å²) in [6, 6.07) is 5.02. The third-order valence-electron chi connectivity index (χ3n) is 2.39. The quantitative estimate of drug-likeness (QED) is 0.701. The molecule has 0 aliphatic carbocycles. The Morgan fingerprint density at radius 3 is 2.81 bits per heavy atom. The molecule has 16 heavy (non-hydrogen) atoms. The lowest BCUT2D eigenvalue weighted by Crippen LogP contribution is -2.20. The summed E-state index contributed by atoms with van der Waals surface area (Å²) >= 11 is 0. The lowest BCUT2D eigenvalue weighted by atomic mass is 10.0. The van der Waals surface area contributed by atoms with Gasteiger partial charge in [0.15, 0.2) is 0 Å². The molecule has 0 heterocycles. The van der Waals surface area contributed by atoms with E-state index in [0.717, 1.165) is 11.1 Å². The molecule has 1 aromatic carbocycles. The molecule has 0 bridgehead atoms. The molecule has 0 saturated carbocycles. The summed E-state index contributed by atoms with van der Waals surface area (Å²) in [5.74, 6) is 2.38. The Hall–Kier alpha value is -1.59. The topological polar surface area (TPSA) is 3.24 Å². The maximum atomic E-state index is 13.1. The van der Waals surface area contributed by atoms with Crippen LogP contribution in [-0.4, -0.2) is 25.0 Å². The molecular weight excluding hydrogens is 201 g/mol. The molecule has 1 rings (SSSR count). The molecule has 1 nitrogen and oxygen atoms in total. The minimum Gasteiger partial charge on any atom is -0.291 e. The standard InChI is InChI=1S/C14H16FN/c1-5-8-16(4)10-12(3)13-6-7-14(15)11(2)9-13/h1,6-7,9H,3,8,10H2,2,4H3. The van der Waals surface area contributed by atoms with Crippen molar-refractivity contribution in [3.63, 3.8) is 0 Å². The van der Waals surface area contributed by atoms with Crippen molar-refractivity contribution < 1.29 is 4.39 Å². The Balaban J connectivity index is 2.74. The van der Waals surface area contributed by atoms with E-state index in [9.17, 15) is 4.39 Å². The van der Waals surface area contributed by atoms with Crippen molar-refractivity contribution in [1.29, 1.82) is 0 Å². The number of hydrogen-bond acceptors (Lipinski definition) is 1. The first-order valence-corrected chi connectivity index (χ1v) is 5.11. The Bertz CT molecular complexity index is 429. The van der Waals surface area contributed by atoms with Crippen molar-refractivity contribution in [2.75, 3.05) is 20.1 Å². The van der Waals surface area contributed by atoms with Crippen LogP contribution in [0, 0.1) is 25.1 Å². The molecule has 84 valence electrons. The zero-order valence-electron chi connectivity index (χ0n) is 9.76. The molecule has 0 fully saturated rings. The third kappa shape index (κ3) is 3.22. The zero-order valence-corrected chi connectivity index (χ0v) is 9.76. The fourth-order valence-corrected chi connectivity index (χ4v) is 1.49. The molecule has 0 aromatic heterocycles. The SMILES string of the molecule is C#CCN(C)CC(=C)c1ccc(F)c(C)c1. The molecule has 0 N–H and O–H groups in total. The highest BCUT2D eigenvalue weighted by atomic mass is 19.1. The van der Waals surface area contributed by atoms with Crippen molar-refractivity contribution in [1.82, 2.24) is 4.90 Å². The van der Waals surface area contributed by atoms with E-state index < -0.39 is 0 Å². The van der Waals surface area contributed by atoms with Crippen LogP contribution in [0.3, 0.4) is 0 Å². The summed E-state index contributed by atoms with van der Waals surface area (Å²) in [5, 5.41) is 0.